The molecule has 14 heavy (non-hydrogen) atoms. The second kappa shape index (κ2) is 5.22. The molecular weight excluding hydrogens is 174 g/mol. The van der Waals surface area contributed by atoms with E-state index < -0.39 is 0 Å². The van der Waals surface area contributed by atoms with Crippen molar-refractivity contribution in [3.8, 4) is 0 Å². The van der Waals surface area contributed by atoms with Crippen LogP contribution in [0.1, 0.15) is 29.8 Å². The van der Waals surface area contributed by atoms with Crippen LogP contribution in [0.4, 0.5) is 0 Å². The molecule has 0 heterocycles. The second-order valence-corrected chi connectivity index (χ2v) is 3.02. The molecule has 0 unspecified atom stereocenters. The van der Waals surface area contributed by atoms with Gasteiger partial charge in [0, 0.05) is 5.56 Å². The van der Waals surface area contributed by atoms with Crippen molar-refractivity contribution in [2.24, 2.45) is 0 Å². The third-order valence-corrected chi connectivity index (χ3v) is 2.01. The third-order valence-electron chi connectivity index (χ3n) is 2.01. The van der Waals surface area contributed by atoms with Crippen LogP contribution in [-0.4, -0.2) is 5.91 Å². The number of aryl methyl sites for hydroxylation is 1. The lowest BCUT2D eigenvalue weighted by atomic mass is 10.1. The molecular formula is C12H15NO. The average molecular weight is 189 g/mol. The summed E-state index contributed by atoms with van der Waals surface area (Å²) in [6, 6.07) is 7.64. The summed E-state index contributed by atoms with van der Waals surface area (Å²) in [5.74, 6) is -0.0641. The molecule has 1 aromatic rings. The normalized spacial score (nSPS) is 10.4. The van der Waals surface area contributed by atoms with Gasteiger partial charge in [-0.05, 0) is 37.2 Å². The van der Waals surface area contributed by atoms with Crippen LogP contribution in [0.15, 0.2) is 36.5 Å². The second-order valence-electron chi connectivity index (χ2n) is 3.02. The highest BCUT2D eigenvalue weighted by atomic mass is 16.1. The van der Waals surface area contributed by atoms with Crippen molar-refractivity contribution in [2.75, 3.05) is 0 Å². The highest BCUT2D eigenvalue weighted by Gasteiger charge is 2.01. The fourth-order valence-electron chi connectivity index (χ4n) is 1.13. The molecule has 0 aromatic heterocycles. The lowest BCUT2D eigenvalue weighted by Gasteiger charge is -2.01. The monoisotopic (exact) mass is 189 g/mol. The Morgan fingerprint density at radius 3 is 2.50 bits per heavy atom. The van der Waals surface area contributed by atoms with Crippen LogP contribution in [0, 0.1) is 0 Å². The van der Waals surface area contributed by atoms with Crippen molar-refractivity contribution in [1.82, 2.24) is 5.32 Å². The Labute approximate surface area is 84.6 Å². The zero-order chi connectivity index (χ0) is 10.4. The molecule has 0 saturated heterocycles. The number of hydrogen-bond donors (Lipinski definition) is 1. The largest absolute Gasteiger partial charge is 0.329 e. The van der Waals surface area contributed by atoms with Gasteiger partial charge in [0.05, 0.1) is 0 Å². The predicted octanol–water partition coefficient (Wildman–Crippen LogP) is 2.51. The number of carbonyl (C=O) groups excluding carboxylic acids is 1. The van der Waals surface area contributed by atoms with Crippen LogP contribution in [-0.2, 0) is 6.42 Å². The molecule has 1 amide bonds. The SMILES string of the molecule is C/C=C/NC(=O)c1ccc(CC)cc1. The molecule has 1 N–H and O–H groups in total. The van der Waals surface area contributed by atoms with Gasteiger partial charge in [-0.15, -0.1) is 0 Å². The van der Waals surface area contributed by atoms with Gasteiger partial charge in [0.2, 0.25) is 0 Å². The molecule has 0 spiro atoms. The number of hydrogen-bond acceptors (Lipinski definition) is 1. The highest BCUT2D eigenvalue weighted by Crippen LogP contribution is 2.04. The lowest BCUT2D eigenvalue weighted by molar-refractivity contribution is 0.0970. The van der Waals surface area contributed by atoms with Gasteiger partial charge in [-0.1, -0.05) is 25.1 Å². The molecule has 2 heteroatoms. The summed E-state index contributed by atoms with van der Waals surface area (Å²) in [6.45, 7) is 3.95. The van der Waals surface area contributed by atoms with Gasteiger partial charge < -0.3 is 5.32 Å². The Hall–Kier alpha value is -1.57. The molecule has 0 aliphatic carbocycles. The summed E-state index contributed by atoms with van der Waals surface area (Å²) < 4.78 is 0. The lowest BCUT2D eigenvalue weighted by Crippen LogP contribution is -2.16. The van der Waals surface area contributed by atoms with Gasteiger partial charge in [-0.3, -0.25) is 4.79 Å². The van der Waals surface area contributed by atoms with E-state index in [1.165, 1.54) is 5.56 Å². The Morgan fingerprint density at radius 1 is 1.36 bits per heavy atom. The molecule has 1 rings (SSSR count). The predicted molar refractivity (Wildman–Crippen MR) is 58.1 cm³/mol. The molecule has 0 fully saturated rings. The van der Waals surface area contributed by atoms with E-state index in [0.717, 1.165) is 6.42 Å². The molecule has 0 saturated carbocycles. The van der Waals surface area contributed by atoms with Gasteiger partial charge in [-0.2, -0.15) is 0 Å². The van der Waals surface area contributed by atoms with Gasteiger partial charge in [-0.25, -0.2) is 0 Å². The van der Waals surface area contributed by atoms with E-state index in [-0.39, 0.29) is 5.91 Å². The maximum absolute atomic E-state index is 11.4. The molecule has 0 radical (unpaired) electrons. The summed E-state index contributed by atoms with van der Waals surface area (Å²) in [6.07, 6.45) is 4.42. The number of benzene rings is 1. The van der Waals surface area contributed by atoms with Crippen LogP contribution in [0.25, 0.3) is 0 Å². The number of amides is 1. The summed E-state index contributed by atoms with van der Waals surface area (Å²) >= 11 is 0. The molecule has 74 valence electrons. The van der Waals surface area contributed by atoms with Crippen LogP contribution in [0.5, 0.6) is 0 Å². The first-order chi connectivity index (χ1) is 6.77. The van der Waals surface area contributed by atoms with E-state index in [1.807, 2.05) is 31.2 Å². The Morgan fingerprint density at radius 2 is 2.00 bits per heavy atom. The first kappa shape index (κ1) is 10.5. The maximum Gasteiger partial charge on any atom is 0.255 e. The van der Waals surface area contributed by atoms with E-state index in [0.29, 0.717) is 5.56 Å². The van der Waals surface area contributed by atoms with Crippen LogP contribution >= 0.6 is 0 Å². The first-order valence-corrected chi connectivity index (χ1v) is 4.79. The van der Waals surface area contributed by atoms with Gasteiger partial charge in [0.15, 0.2) is 0 Å². The zero-order valence-electron chi connectivity index (χ0n) is 8.58. The van der Waals surface area contributed by atoms with Crippen molar-refractivity contribution in [2.45, 2.75) is 20.3 Å². The number of allylic oxidation sites excluding steroid dienone is 1. The maximum atomic E-state index is 11.4. The fraction of sp³-hybridized carbons (Fsp3) is 0.250. The Balaban J connectivity index is 2.71. The van der Waals surface area contributed by atoms with E-state index in [9.17, 15) is 4.79 Å². The third kappa shape index (κ3) is 2.73. The topological polar surface area (TPSA) is 29.1 Å². The fourth-order valence-corrected chi connectivity index (χ4v) is 1.13. The van der Waals surface area contributed by atoms with Crippen LogP contribution in [0.3, 0.4) is 0 Å². The minimum Gasteiger partial charge on any atom is -0.329 e. The number of rotatable bonds is 3. The standard InChI is InChI=1S/C12H15NO/c1-3-9-13-12(14)11-7-5-10(4-2)6-8-11/h3,5-9H,4H2,1-2H3,(H,13,14)/b9-3+. The van der Waals surface area contributed by atoms with Crippen molar-refractivity contribution in [1.29, 1.82) is 0 Å². The van der Waals surface area contributed by atoms with E-state index in [2.05, 4.69) is 12.2 Å². The summed E-state index contributed by atoms with van der Waals surface area (Å²) in [5, 5.41) is 2.67. The van der Waals surface area contributed by atoms with E-state index >= 15 is 0 Å². The smallest absolute Gasteiger partial charge is 0.255 e. The molecule has 0 aliphatic rings. The zero-order valence-corrected chi connectivity index (χ0v) is 8.58. The van der Waals surface area contributed by atoms with E-state index in [4.69, 9.17) is 0 Å². The minimum atomic E-state index is -0.0641. The van der Waals surface area contributed by atoms with Gasteiger partial charge in [0.1, 0.15) is 0 Å². The first-order valence-electron chi connectivity index (χ1n) is 4.79. The van der Waals surface area contributed by atoms with Gasteiger partial charge >= 0.3 is 0 Å². The van der Waals surface area contributed by atoms with Crippen molar-refractivity contribution >= 4 is 5.91 Å². The highest BCUT2D eigenvalue weighted by molar-refractivity contribution is 5.94. The summed E-state index contributed by atoms with van der Waals surface area (Å²) in [4.78, 5) is 11.4. The quantitative estimate of drug-likeness (QED) is 0.777. The average Bonchev–Trinajstić information content (AvgIpc) is 2.26. The molecule has 0 atom stereocenters. The Bertz CT molecular complexity index is 325. The van der Waals surface area contributed by atoms with Crippen molar-refractivity contribution in [3.63, 3.8) is 0 Å². The van der Waals surface area contributed by atoms with Crippen molar-refractivity contribution < 1.29 is 4.79 Å². The molecule has 0 bridgehead atoms. The minimum absolute atomic E-state index is 0.0641. The molecule has 2 nitrogen and oxygen atoms in total. The summed E-state index contributed by atoms with van der Waals surface area (Å²) in [7, 11) is 0. The van der Waals surface area contributed by atoms with Crippen molar-refractivity contribution in [3.05, 3.63) is 47.7 Å². The number of carbonyl (C=O) groups is 1. The molecule has 1 aromatic carbocycles. The summed E-state index contributed by atoms with van der Waals surface area (Å²) in [5.41, 5.74) is 1.94. The van der Waals surface area contributed by atoms with E-state index in [1.54, 1.807) is 12.3 Å². The molecule has 0 aliphatic heterocycles. The van der Waals surface area contributed by atoms with Gasteiger partial charge in [0.25, 0.3) is 5.91 Å². The van der Waals surface area contributed by atoms with Crippen LogP contribution < -0.4 is 5.32 Å². The Kier molecular flexibility index (Phi) is 3.92. The number of nitrogens with one attached hydrogen (secondary N) is 1. The van der Waals surface area contributed by atoms with Crippen LogP contribution in [0.2, 0.25) is 0 Å².